The zero-order valence-corrected chi connectivity index (χ0v) is 9.37. The van der Waals surface area contributed by atoms with Gasteiger partial charge in [0.25, 0.3) is 0 Å². The van der Waals surface area contributed by atoms with Crippen molar-refractivity contribution in [3.8, 4) is 0 Å². The van der Waals surface area contributed by atoms with Gasteiger partial charge < -0.3 is 16.8 Å². The average Bonchev–Trinajstić information content (AvgIpc) is 2.17. The van der Waals surface area contributed by atoms with E-state index in [2.05, 4.69) is 5.32 Å². The van der Waals surface area contributed by atoms with Crippen molar-refractivity contribution in [2.75, 3.05) is 6.54 Å². The van der Waals surface area contributed by atoms with E-state index in [0.29, 0.717) is 18.5 Å². The van der Waals surface area contributed by atoms with Gasteiger partial charge in [-0.3, -0.25) is 4.79 Å². The molecule has 1 saturated carbocycles. The number of primary amides is 1. The monoisotopic (exact) mass is 213 g/mol. The van der Waals surface area contributed by atoms with E-state index in [4.69, 9.17) is 11.5 Å². The number of nitrogens with two attached hydrogens (primary N) is 2. The molecule has 0 heterocycles. The molecule has 88 valence electrons. The minimum absolute atomic E-state index is 0.199. The molecule has 4 nitrogen and oxygen atoms in total. The van der Waals surface area contributed by atoms with E-state index in [9.17, 15) is 4.79 Å². The van der Waals surface area contributed by atoms with E-state index < -0.39 is 0 Å². The number of rotatable bonds is 6. The molecule has 0 saturated heterocycles. The molecular weight excluding hydrogens is 190 g/mol. The minimum atomic E-state index is -0.199. The van der Waals surface area contributed by atoms with Crippen molar-refractivity contribution in [2.24, 2.45) is 11.5 Å². The van der Waals surface area contributed by atoms with Crippen molar-refractivity contribution >= 4 is 5.91 Å². The zero-order chi connectivity index (χ0) is 11.1. The van der Waals surface area contributed by atoms with Crippen LogP contribution in [-0.4, -0.2) is 24.5 Å². The topological polar surface area (TPSA) is 81.1 Å². The second kappa shape index (κ2) is 6.80. The minimum Gasteiger partial charge on any atom is -0.370 e. The summed E-state index contributed by atoms with van der Waals surface area (Å²) in [4.78, 5) is 10.5. The second-order valence-electron chi connectivity index (χ2n) is 4.50. The summed E-state index contributed by atoms with van der Waals surface area (Å²) >= 11 is 0. The Labute approximate surface area is 91.8 Å². The Kier molecular flexibility index (Phi) is 5.65. The number of carbonyl (C=O) groups excluding carboxylic acids is 1. The molecule has 15 heavy (non-hydrogen) atoms. The molecule has 2 atom stereocenters. The fourth-order valence-electron chi connectivity index (χ4n) is 2.14. The Morgan fingerprint density at radius 2 is 2.13 bits per heavy atom. The van der Waals surface area contributed by atoms with Gasteiger partial charge in [-0.05, 0) is 38.6 Å². The van der Waals surface area contributed by atoms with Crippen molar-refractivity contribution in [3.05, 3.63) is 0 Å². The fourth-order valence-corrected chi connectivity index (χ4v) is 2.14. The first-order chi connectivity index (χ1) is 7.18. The largest absolute Gasteiger partial charge is 0.370 e. The third-order valence-electron chi connectivity index (χ3n) is 3.00. The Morgan fingerprint density at radius 3 is 2.80 bits per heavy atom. The Hall–Kier alpha value is -0.610. The molecule has 0 aromatic rings. The molecule has 1 fully saturated rings. The van der Waals surface area contributed by atoms with E-state index in [1.807, 2.05) is 0 Å². The summed E-state index contributed by atoms with van der Waals surface area (Å²) in [5.74, 6) is -0.199. The van der Waals surface area contributed by atoms with Crippen LogP contribution in [0.4, 0.5) is 0 Å². The quantitative estimate of drug-likeness (QED) is 0.562. The predicted octanol–water partition coefficient (Wildman–Crippen LogP) is 0.501. The number of nitrogens with one attached hydrogen (secondary N) is 1. The maximum atomic E-state index is 10.5. The van der Waals surface area contributed by atoms with Crippen LogP contribution in [0.2, 0.25) is 0 Å². The van der Waals surface area contributed by atoms with E-state index in [0.717, 1.165) is 25.8 Å². The number of hydrogen-bond donors (Lipinski definition) is 3. The molecule has 4 heteroatoms. The standard InChI is InChI=1S/C11H23N3O/c12-9-4-3-5-10(8-9)14-7-2-1-6-11(13)15/h9-10,14H,1-8,12H2,(H2,13,15). The summed E-state index contributed by atoms with van der Waals surface area (Å²) < 4.78 is 0. The highest BCUT2D eigenvalue weighted by Gasteiger charge is 2.17. The lowest BCUT2D eigenvalue weighted by atomic mass is 9.91. The Morgan fingerprint density at radius 1 is 1.33 bits per heavy atom. The fraction of sp³-hybridized carbons (Fsp3) is 0.909. The van der Waals surface area contributed by atoms with E-state index >= 15 is 0 Å². The predicted molar refractivity (Wildman–Crippen MR) is 61.3 cm³/mol. The summed E-state index contributed by atoms with van der Waals surface area (Å²) in [6, 6.07) is 0.962. The summed E-state index contributed by atoms with van der Waals surface area (Å²) in [5.41, 5.74) is 11.0. The van der Waals surface area contributed by atoms with Gasteiger partial charge in [0.1, 0.15) is 0 Å². The molecular formula is C11H23N3O. The summed E-state index contributed by atoms with van der Waals surface area (Å²) in [6.45, 7) is 0.977. The van der Waals surface area contributed by atoms with Crippen molar-refractivity contribution in [1.82, 2.24) is 5.32 Å². The maximum Gasteiger partial charge on any atom is 0.217 e. The van der Waals surface area contributed by atoms with Gasteiger partial charge in [-0.1, -0.05) is 6.42 Å². The molecule has 1 aliphatic rings. The molecule has 0 spiro atoms. The van der Waals surface area contributed by atoms with Gasteiger partial charge in [0, 0.05) is 18.5 Å². The van der Waals surface area contributed by atoms with Crippen molar-refractivity contribution in [1.29, 1.82) is 0 Å². The number of unbranched alkanes of at least 4 members (excludes halogenated alkanes) is 1. The van der Waals surface area contributed by atoms with E-state index in [1.165, 1.54) is 19.3 Å². The van der Waals surface area contributed by atoms with Crippen LogP contribution in [0.15, 0.2) is 0 Å². The smallest absolute Gasteiger partial charge is 0.217 e. The SMILES string of the molecule is NC(=O)CCCCNC1CCCC(N)C1. The summed E-state index contributed by atoms with van der Waals surface area (Å²) in [6.07, 6.45) is 7.15. The molecule has 0 aromatic heterocycles. The van der Waals surface area contributed by atoms with Crippen molar-refractivity contribution in [2.45, 2.75) is 57.0 Å². The van der Waals surface area contributed by atoms with Gasteiger partial charge in [-0.2, -0.15) is 0 Å². The highest BCUT2D eigenvalue weighted by molar-refractivity contribution is 5.73. The first kappa shape index (κ1) is 12.5. The molecule has 5 N–H and O–H groups in total. The van der Waals surface area contributed by atoms with Crippen LogP contribution < -0.4 is 16.8 Å². The van der Waals surface area contributed by atoms with Crippen LogP contribution >= 0.6 is 0 Å². The molecule has 1 rings (SSSR count). The highest BCUT2D eigenvalue weighted by Crippen LogP contribution is 2.16. The Bertz CT molecular complexity index is 196. The zero-order valence-electron chi connectivity index (χ0n) is 9.37. The Balaban J connectivity index is 1.97. The van der Waals surface area contributed by atoms with Crippen LogP contribution in [0.25, 0.3) is 0 Å². The normalized spacial score (nSPS) is 26.5. The van der Waals surface area contributed by atoms with Crippen molar-refractivity contribution < 1.29 is 4.79 Å². The lowest BCUT2D eigenvalue weighted by Gasteiger charge is -2.27. The first-order valence-electron chi connectivity index (χ1n) is 5.95. The molecule has 0 bridgehead atoms. The first-order valence-corrected chi connectivity index (χ1v) is 5.95. The third-order valence-corrected chi connectivity index (χ3v) is 3.00. The van der Waals surface area contributed by atoms with E-state index in [1.54, 1.807) is 0 Å². The van der Waals surface area contributed by atoms with Gasteiger partial charge in [0.2, 0.25) is 5.91 Å². The molecule has 0 aromatic carbocycles. The molecule has 2 unspecified atom stereocenters. The number of hydrogen-bond acceptors (Lipinski definition) is 3. The van der Waals surface area contributed by atoms with E-state index in [-0.39, 0.29) is 5.91 Å². The van der Waals surface area contributed by atoms with Crippen LogP contribution in [0.1, 0.15) is 44.9 Å². The molecule has 1 amide bonds. The van der Waals surface area contributed by atoms with Gasteiger partial charge in [0.05, 0.1) is 0 Å². The van der Waals surface area contributed by atoms with Crippen LogP contribution in [0.5, 0.6) is 0 Å². The van der Waals surface area contributed by atoms with Crippen LogP contribution in [0, 0.1) is 0 Å². The maximum absolute atomic E-state index is 10.5. The number of carbonyl (C=O) groups is 1. The third kappa shape index (κ3) is 5.74. The number of amides is 1. The van der Waals surface area contributed by atoms with Gasteiger partial charge in [-0.25, -0.2) is 0 Å². The lowest BCUT2D eigenvalue weighted by Crippen LogP contribution is -2.39. The van der Waals surface area contributed by atoms with Gasteiger partial charge >= 0.3 is 0 Å². The summed E-state index contributed by atoms with van der Waals surface area (Å²) in [5, 5.41) is 3.49. The van der Waals surface area contributed by atoms with Crippen LogP contribution in [0.3, 0.4) is 0 Å². The van der Waals surface area contributed by atoms with Crippen molar-refractivity contribution in [3.63, 3.8) is 0 Å². The second-order valence-corrected chi connectivity index (χ2v) is 4.50. The summed E-state index contributed by atoms with van der Waals surface area (Å²) in [7, 11) is 0. The van der Waals surface area contributed by atoms with Gasteiger partial charge in [0.15, 0.2) is 0 Å². The molecule has 0 radical (unpaired) electrons. The molecule has 0 aliphatic heterocycles. The molecule has 1 aliphatic carbocycles. The van der Waals surface area contributed by atoms with Gasteiger partial charge in [-0.15, -0.1) is 0 Å². The van der Waals surface area contributed by atoms with Crippen LogP contribution in [-0.2, 0) is 4.79 Å². The average molecular weight is 213 g/mol. The highest BCUT2D eigenvalue weighted by atomic mass is 16.1. The lowest BCUT2D eigenvalue weighted by molar-refractivity contribution is -0.118.